The Morgan fingerprint density at radius 1 is 0.635 bits per heavy atom. The lowest BCUT2D eigenvalue weighted by molar-refractivity contribution is -0.139. The molecule has 7 heterocycles. The number of aromatic nitrogens is 4. The molecule has 16 heteroatoms. The predicted octanol–water partition coefficient (Wildman–Crippen LogP) is 8.85. The minimum absolute atomic E-state index is 0.110. The topological polar surface area (TPSA) is 170 Å². The van der Waals surface area contributed by atoms with Crippen molar-refractivity contribution in [2.75, 3.05) is 39.3 Å². The van der Waals surface area contributed by atoms with Gasteiger partial charge >= 0.3 is 0 Å². The minimum atomic E-state index is -3.34. The SMILES string of the molecule is O=C(C1CCCCC1)N1CC(S(=O)(=O)N2CCC(c3c[nH]c4ncccc34)CC2)C1.O=C(Cl)C1CCCCC1.O=S(=O)(C1CCC1)N1CCC(c2c[nH]c3ncccc23)CC1.[2H]CC. The molecule has 0 atom stereocenters. The number of amides is 1. The van der Waals surface area contributed by atoms with Gasteiger partial charge in [-0.05, 0) is 123 Å². The zero-order chi connectivity index (χ0) is 45.3. The quantitative estimate of drug-likeness (QED) is 0.165. The van der Waals surface area contributed by atoms with E-state index in [0.29, 0.717) is 58.0 Å². The number of aromatic amines is 2. The van der Waals surface area contributed by atoms with Crippen molar-refractivity contribution in [3.05, 3.63) is 60.2 Å². The number of nitrogens with one attached hydrogen (secondary N) is 2. The van der Waals surface area contributed by atoms with E-state index in [0.717, 1.165) is 100 Å². The van der Waals surface area contributed by atoms with Gasteiger partial charge in [0.05, 0.1) is 5.25 Å². The first-order valence-electron chi connectivity index (χ1n) is 24.2. The highest BCUT2D eigenvalue weighted by atomic mass is 35.5. The van der Waals surface area contributed by atoms with E-state index in [9.17, 15) is 26.4 Å². The first kappa shape index (κ1) is 46.2. The fourth-order valence-electron chi connectivity index (χ4n) is 10.3. The third kappa shape index (κ3) is 11.0. The summed E-state index contributed by atoms with van der Waals surface area (Å²) in [6.07, 6.45) is 24.9. The lowest BCUT2D eigenvalue weighted by Gasteiger charge is -2.43. The molecule has 3 saturated heterocycles. The van der Waals surface area contributed by atoms with Crippen LogP contribution in [0.25, 0.3) is 22.1 Å². The third-order valence-corrected chi connectivity index (χ3v) is 19.3. The Morgan fingerprint density at radius 3 is 1.46 bits per heavy atom. The molecule has 4 aromatic heterocycles. The van der Waals surface area contributed by atoms with Crippen molar-refractivity contribution >= 4 is 64.9 Å². The number of rotatable bonds is 8. The molecule has 6 aliphatic rings. The van der Waals surface area contributed by atoms with Gasteiger partial charge in [0.2, 0.25) is 31.2 Å². The van der Waals surface area contributed by atoms with E-state index in [2.05, 4.69) is 32.1 Å². The molecule has 3 saturated carbocycles. The zero-order valence-corrected chi connectivity index (χ0v) is 39.3. The Labute approximate surface area is 381 Å². The number of piperidine rings is 2. The number of hydrogen-bond acceptors (Lipinski definition) is 8. The lowest BCUT2D eigenvalue weighted by Crippen LogP contribution is -2.61. The Kier molecular flexibility index (Phi) is 15.9. The number of hydrogen-bond donors (Lipinski definition) is 2. The van der Waals surface area contributed by atoms with Crippen LogP contribution in [0, 0.1) is 11.8 Å². The van der Waals surface area contributed by atoms with E-state index < -0.39 is 25.3 Å². The molecule has 3 aliphatic carbocycles. The predicted molar refractivity (Wildman–Crippen MR) is 250 cm³/mol. The second-order valence-corrected chi connectivity index (χ2v) is 22.9. The van der Waals surface area contributed by atoms with Crippen molar-refractivity contribution in [1.82, 2.24) is 33.4 Å². The molecule has 2 N–H and O–H groups in total. The maximum Gasteiger partial charge on any atom is 0.225 e. The lowest BCUT2D eigenvalue weighted by atomic mass is 9.87. The van der Waals surface area contributed by atoms with E-state index >= 15 is 0 Å². The summed E-state index contributed by atoms with van der Waals surface area (Å²) in [5, 5.41) is 1.63. The average Bonchev–Trinajstić information content (AvgIpc) is 3.92. The summed E-state index contributed by atoms with van der Waals surface area (Å²) in [7, 11) is -6.38. The van der Waals surface area contributed by atoms with Gasteiger partial charge in [-0.3, -0.25) is 9.59 Å². The van der Waals surface area contributed by atoms with Crippen LogP contribution in [-0.2, 0) is 29.6 Å². The van der Waals surface area contributed by atoms with Gasteiger partial charge in [-0.2, -0.15) is 0 Å². The molecular weight excluding hydrogens is 858 g/mol. The van der Waals surface area contributed by atoms with Gasteiger partial charge in [-0.25, -0.2) is 35.4 Å². The molecule has 13 nitrogen and oxygen atoms in total. The van der Waals surface area contributed by atoms with E-state index in [1.165, 1.54) is 42.2 Å². The normalized spacial score (nSPS) is 22.1. The van der Waals surface area contributed by atoms with Crippen LogP contribution < -0.4 is 0 Å². The summed E-state index contributed by atoms with van der Waals surface area (Å²) in [5.74, 6) is 1.24. The maximum atomic E-state index is 13.1. The van der Waals surface area contributed by atoms with Crippen molar-refractivity contribution in [2.45, 2.75) is 145 Å². The van der Waals surface area contributed by atoms with Gasteiger partial charge in [0.15, 0.2) is 0 Å². The zero-order valence-electron chi connectivity index (χ0n) is 37.9. The van der Waals surface area contributed by atoms with Crippen molar-refractivity contribution in [2.24, 2.45) is 11.8 Å². The van der Waals surface area contributed by atoms with Gasteiger partial charge in [0.25, 0.3) is 0 Å². The summed E-state index contributed by atoms with van der Waals surface area (Å²) in [4.78, 5) is 40.1. The number of H-pyrrole nitrogens is 2. The largest absolute Gasteiger partial charge is 0.346 e. The van der Waals surface area contributed by atoms with E-state index in [1.54, 1.807) is 32.8 Å². The Bertz CT molecular complexity index is 2360. The summed E-state index contributed by atoms with van der Waals surface area (Å²) >= 11 is 5.32. The molecule has 6 fully saturated rings. The van der Waals surface area contributed by atoms with Crippen molar-refractivity contribution in [1.29, 1.82) is 0 Å². The Balaban J connectivity index is 0.000000157. The first-order chi connectivity index (χ1) is 30.9. The second-order valence-electron chi connectivity index (χ2n) is 18.1. The maximum absolute atomic E-state index is 13.1. The number of fused-ring (bicyclic) bond motifs is 2. The molecule has 0 spiro atoms. The standard InChI is InChI=1S/C22H30N4O3S.C16H21N3O2S.C7H11ClO.C2H6/c27-22(17-5-2-1-3-6-17)25-14-18(15-25)30(28,29)26-11-8-16(9-12-26)20-13-24-21-19(20)7-4-10-23-21;20-22(21,13-3-1-4-13)19-9-6-12(7-10-19)15-11-18-16-14(15)5-2-8-17-16;8-7(9)6-4-2-1-3-5-6;1-2/h4,7,10,13,16-18H,1-3,5-6,8-9,11-12,14-15H2,(H,23,24);2,5,8,11-13H,1,3-4,6-7,9-10H2,(H,17,18);6H,1-5H2;1-2H3/i;;;1D. The summed E-state index contributed by atoms with van der Waals surface area (Å²) < 4.78 is 60.7. The van der Waals surface area contributed by atoms with Gasteiger partial charge in [0.1, 0.15) is 16.5 Å². The van der Waals surface area contributed by atoms with Crippen molar-refractivity contribution < 1.29 is 27.8 Å². The molecule has 4 aromatic rings. The van der Waals surface area contributed by atoms with E-state index in [4.69, 9.17) is 13.0 Å². The molecule has 3 aliphatic heterocycles. The van der Waals surface area contributed by atoms with Crippen LogP contribution >= 0.6 is 11.6 Å². The smallest absolute Gasteiger partial charge is 0.225 e. The number of sulfonamides is 2. The number of halogens is 1. The van der Waals surface area contributed by atoms with Crippen LogP contribution in [0.4, 0.5) is 0 Å². The highest BCUT2D eigenvalue weighted by Crippen LogP contribution is 2.38. The molecule has 0 radical (unpaired) electrons. The van der Waals surface area contributed by atoms with Crippen LogP contribution in [0.2, 0.25) is 0 Å². The highest BCUT2D eigenvalue weighted by Gasteiger charge is 2.45. The molecule has 0 unspecified atom stereocenters. The second kappa shape index (κ2) is 21.7. The fourth-order valence-corrected chi connectivity index (χ4v) is 14.5. The third-order valence-electron chi connectivity index (χ3n) is 14.4. The first-order valence-corrected chi connectivity index (χ1v) is 26.9. The molecule has 1 amide bonds. The number of carbonyl (C=O) groups is 2. The molecular formula is C47H68ClN7O6S2. The molecule has 0 bridgehead atoms. The Hall–Kier alpha value is -3.37. The van der Waals surface area contributed by atoms with E-state index in [-0.39, 0.29) is 28.2 Å². The van der Waals surface area contributed by atoms with Gasteiger partial charge in [-0.15, -0.1) is 0 Å². The van der Waals surface area contributed by atoms with Crippen LogP contribution in [-0.4, -0.2) is 111 Å². The monoisotopic (exact) mass is 926 g/mol. The van der Waals surface area contributed by atoms with Crippen LogP contribution in [0.3, 0.4) is 0 Å². The van der Waals surface area contributed by atoms with Gasteiger partial charge in [-0.1, -0.05) is 58.8 Å². The van der Waals surface area contributed by atoms with Crippen LogP contribution in [0.5, 0.6) is 0 Å². The molecule has 10 rings (SSSR count). The molecule has 63 heavy (non-hydrogen) atoms. The van der Waals surface area contributed by atoms with Gasteiger partial charge < -0.3 is 14.9 Å². The highest BCUT2D eigenvalue weighted by molar-refractivity contribution is 7.90. The number of carbonyl (C=O) groups excluding carboxylic acids is 2. The van der Waals surface area contributed by atoms with Crippen molar-refractivity contribution in [3.8, 4) is 0 Å². The fraction of sp³-hybridized carbons (Fsp3) is 0.660. The van der Waals surface area contributed by atoms with Gasteiger partial charge in [0, 0.05) is 88.0 Å². The number of nitrogens with zero attached hydrogens (tertiary/aromatic N) is 5. The van der Waals surface area contributed by atoms with Crippen molar-refractivity contribution in [3.63, 3.8) is 0 Å². The number of likely N-dealkylation sites (tertiary alicyclic amines) is 1. The van der Waals surface area contributed by atoms with E-state index in [1.807, 2.05) is 24.5 Å². The minimum Gasteiger partial charge on any atom is -0.346 e. The average molecular weight is 928 g/mol. The molecule has 0 aromatic carbocycles. The summed E-state index contributed by atoms with van der Waals surface area (Å²) in [5.41, 5.74) is 4.33. The Morgan fingerprint density at radius 2 is 1.06 bits per heavy atom. The van der Waals surface area contributed by atoms with Crippen LogP contribution in [0.15, 0.2) is 49.1 Å². The summed E-state index contributed by atoms with van der Waals surface area (Å²) in [6.45, 7) is 5.42. The number of pyridine rings is 2. The summed E-state index contributed by atoms with van der Waals surface area (Å²) in [6, 6.07) is 8.06. The molecule has 346 valence electrons. The van der Waals surface area contributed by atoms with Crippen LogP contribution in [0.1, 0.15) is 147 Å².